The van der Waals surface area contributed by atoms with Crippen molar-refractivity contribution in [3.63, 3.8) is 0 Å². The van der Waals surface area contributed by atoms with Crippen molar-refractivity contribution < 1.29 is 13.2 Å². The van der Waals surface area contributed by atoms with E-state index in [1.807, 2.05) is 11.8 Å². The first-order valence-electron chi connectivity index (χ1n) is 8.26. The third-order valence-electron chi connectivity index (χ3n) is 4.31. The molecular weight excluding hydrogens is 346 g/mol. The van der Waals surface area contributed by atoms with E-state index in [0.29, 0.717) is 25.2 Å². The molecule has 2 aliphatic rings. The third kappa shape index (κ3) is 4.30. The number of amides is 1. The van der Waals surface area contributed by atoms with Gasteiger partial charge in [0.05, 0.1) is 4.90 Å². The standard InChI is InChI=1S/C16H23N3O3S2/c20-16(19-7-9-23-10-8-19)13-3-1-5-15(11-13)24(21,22)18-14-4-2-6-17-12-14/h1,3,5,11,14,17-18H,2,4,6-10,12H2/t14-/m1/s1. The van der Waals surface area contributed by atoms with Crippen molar-refractivity contribution in [2.45, 2.75) is 23.8 Å². The van der Waals surface area contributed by atoms with Crippen LogP contribution < -0.4 is 10.0 Å². The Morgan fingerprint density at radius 3 is 2.79 bits per heavy atom. The van der Waals surface area contributed by atoms with Gasteiger partial charge in [-0.2, -0.15) is 11.8 Å². The molecule has 2 N–H and O–H groups in total. The average molecular weight is 370 g/mol. The Balaban J connectivity index is 1.74. The number of thioether (sulfide) groups is 1. The number of nitrogens with one attached hydrogen (secondary N) is 2. The van der Waals surface area contributed by atoms with Crippen LogP contribution in [0.25, 0.3) is 0 Å². The van der Waals surface area contributed by atoms with Gasteiger partial charge in [-0.05, 0) is 37.6 Å². The minimum absolute atomic E-state index is 0.0910. The Labute approximate surface area is 147 Å². The number of carbonyl (C=O) groups is 1. The van der Waals surface area contributed by atoms with E-state index < -0.39 is 10.0 Å². The average Bonchev–Trinajstić information content (AvgIpc) is 2.62. The summed E-state index contributed by atoms with van der Waals surface area (Å²) in [6.45, 7) is 3.00. The summed E-state index contributed by atoms with van der Waals surface area (Å²) in [5, 5.41) is 3.19. The van der Waals surface area contributed by atoms with Gasteiger partial charge in [0.2, 0.25) is 10.0 Å². The summed E-state index contributed by atoms with van der Waals surface area (Å²) in [4.78, 5) is 14.5. The highest BCUT2D eigenvalue weighted by molar-refractivity contribution is 7.99. The molecular formula is C16H23N3O3S2. The molecule has 132 valence electrons. The predicted molar refractivity (Wildman–Crippen MR) is 95.9 cm³/mol. The van der Waals surface area contributed by atoms with Gasteiger partial charge in [0.15, 0.2) is 0 Å². The summed E-state index contributed by atoms with van der Waals surface area (Å²) >= 11 is 1.83. The quantitative estimate of drug-likeness (QED) is 0.825. The maximum atomic E-state index is 12.6. The SMILES string of the molecule is O=C(c1cccc(S(=O)(=O)N[C@@H]2CCCNC2)c1)N1CCSCC1. The first-order chi connectivity index (χ1) is 11.6. The van der Waals surface area contributed by atoms with E-state index in [4.69, 9.17) is 0 Å². The molecule has 24 heavy (non-hydrogen) atoms. The Morgan fingerprint density at radius 2 is 2.08 bits per heavy atom. The summed E-state index contributed by atoms with van der Waals surface area (Å²) in [5.74, 6) is 1.77. The van der Waals surface area contributed by atoms with E-state index in [0.717, 1.165) is 30.9 Å². The van der Waals surface area contributed by atoms with Gasteiger partial charge in [-0.3, -0.25) is 4.79 Å². The summed E-state index contributed by atoms with van der Waals surface area (Å²) in [5.41, 5.74) is 0.437. The first kappa shape index (κ1) is 17.7. The molecule has 0 aliphatic carbocycles. The van der Waals surface area contributed by atoms with Gasteiger partial charge in [0.25, 0.3) is 5.91 Å². The number of piperidine rings is 1. The van der Waals surface area contributed by atoms with Crippen LogP contribution in [0.1, 0.15) is 23.2 Å². The van der Waals surface area contributed by atoms with Crippen LogP contribution in [0.2, 0.25) is 0 Å². The molecule has 6 nitrogen and oxygen atoms in total. The van der Waals surface area contributed by atoms with Crippen LogP contribution in [0.5, 0.6) is 0 Å². The lowest BCUT2D eigenvalue weighted by Gasteiger charge is -2.26. The zero-order valence-corrected chi connectivity index (χ0v) is 15.2. The van der Waals surface area contributed by atoms with Gasteiger partial charge in [0.1, 0.15) is 0 Å². The van der Waals surface area contributed by atoms with Crippen molar-refractivity contribution in [1.29, 1.82) is 0 Å². The number of sulfonamides is 1. The molecule has 1 aromatic rings. The molecule has 0 bridgehead atoms. The smallest absolute Gasteiger partial charge is 0.253 e. The van der Waals surface area contributed by atoms with E-state index in [-0.39, 0.29) is 16.8 Å². The van der Waals surface area contributed by atoms with E-state index in [1.54, 1.807) is 23.1 Å². The number of rotatable bonds is 4. The molecule has 2 saturated heterocycles. The topological polar surface area (TPSA) is 78.5 Å². The second-order valence-corrected chi connectivity index (χ2v) is 9.04. The Kier molecular flexibility index (Phi) is 5.80. The van der Waals surface area contributed by atoms with Crippen LogP contribution in [0.15, 0.2) is 29.2 Å². The molecule has 1 amide bonds. The number of benzene rings is 1. The lowest BCUT2D eigenvalue weighted by molar-refractivity contribution is 0.0772. The highest BCUT2D eigenvalue weighted by atomic mass is 32.2. The maximum Gasteiger partial charge on any atom is 0.253 e. The number of nitrogens with zero attached hydrogens (tertiary/aromatic N) is 1. The molecule has 8 heteroatoms. The second kappa shape index (κ2) is 7.86. The normalized spacial score (nSPS) is 22.3. The molecule has 0 unspecified atom stereocenters. The van der Waals surface area contributed by atoms with E-state index in [9.17, 15) is 13.2 Å². The molecule has 0 aromatic heterocycles. The monoisotopic (exact) mass is 369 g/mol. The Bertz CT molecular complexity index is 682. The van der Waals surface area contributed by atoms with Gasteiger partial charge in [-0.1, -0.05) is 6.07 Å². The number of hydrogen-bond acceptors (Lipinski definition) is 5. The van der Waals surface area contributed by atoms with Crippen LogP contribution in [-0.4, -0.2) is 63.0 Å². The Hall–Kier alpha value is -1.09. The van der Waals surface area contributed by atoms with Crippen molar-refractivity contribution in [3.8, 4) is 0 Å². The van der Waals surface area contributed by atoms with Gasteiger partial charge < -0.3 is 10.2 Å². The van der Waals surface area contributed by atoms with Crippen LogP contribution in [-0.2, 0) is 10.0 Å². The zero-order valence-electron chi connectivity index (χ0n) is 13.5. The summed E-state index contributed by atoms with van der Waals surface area (Å²) in [7, 11) is -3.61. The second-order valence-electron chi connectivity index (χ2n) is 6.10. The molecule has 1 aromatic carbocycles. The maximum absolute atomic E-state index is 12.6. The fourth-order valence-electron chi connectivity index (χ4n) is 2.99. The van der Waals surface area contributed by atoms with Crippen molar-refractivity contribution >= 4 is 27.7 Å². The van der Waals surface area contributed by atoms with E-state index in [1.165, 1.54) is 6.07 Å². The van der Waals surface area contributed by atoms with Gasteiger partial charge in [0, 0.05) is 42.7 Å². The third-order valence-corrected chi connectivity index (χ3v) is 6.77. The highest BCUT2D eigenvalue weighted by Gasteiger charge is 2.24. The molecule has 0 radical (unpaired) electrons. The molecule has 2 heterocycles. The molecule has 0 spiro atoms. The summed E-state index contributed by atoms with van der Waals surface area (Å²) < 4.78 is 27.9. The summed E-state index contributed by atoms with van der Waals surface area (Å²) in [6, 6.07) is 6.26. The fraction of sp³-hybridized carbons (Fsp3) is 0.562. The lowest BCUT2D eigenvalue weighted by Crippen LogP contribution is -2.45. The van der Waals surface area contributed by atoms with Gasteiger partial charge >= 0.3 is 0 Å². The predicted octanol–water partition coefficient (Wildman–Crippen LogP) is 0.906. The molecule has 2 fully saturated rings. The molecule has 3 rings (SSSR count). The minimum atomic E-state index is -3.61. The van der Waals surface area contributed by atoms with E-state index in [2.05, 4.69) is 10.0 Å². The van der Waals surface area contributed by atoms with Crippen molar-refractivity contribution in [2.24, 2.45) is 0 Å². The lowest BCUT2D eigenvalue weighted by atomic mass is 10.1. The Morgan fingerprint density at radius 1 is 1.29 bits per heavy atom. The number of carbonyl (C=O) groups excluding carboxylic acids is 1. The minimum Gasteiger partial charge on any atom is -0.337 e. The first-order valence-corrected chi connectivity index (χ1v) is 10.9. The fourth-order valence-corrected chi connectivity index (χ4v) is 5.20. The molecule has 2 aliphatic heterocycles. The van der Waals surface area contributed by atoms with Gasteiger partial charge in [-0.25, -0.2) is 13.1 Å². The highest BCUT2D eigenvalue weighted by Crippen LogP contribution is 2.17. The molecule has 1 atom stereocenters. The van der Waals surface area contributed by atoms with Crippen molar-refractivity contribution in [2.75, 3.05) is 37.7 Å². The molecule has 0 saturated carbocycles. The van der Waals surface area contributed by atoms with Crippen molar-refractivity contribution in [3.05, 3.63) is 29.8 Å². The van der Waals surface area contributed by atoms with Gasteiger partial charge in [-0.15, -0.1) is 0 Å². The van der Waals surface area contributed by atoms with Crippen LogP contribution in [0, 0.1) is 0 Å². The van der Waals surface area contributed by atoms with Crippen LogP contribution >= 0.6 is 11.8 Å². The zero-order chi connectivity index (χ0) is 17.0. The summed E-state index contributed by atoms with van der Waals surface area (Å²) in [6.07, 6.45) is 1.79. The van der Waals surface area contributed by atoms with E-state index >= 15 is 0 Å². The van der Waals surface area contributed by atoms with Crippen molar-refractivity contribution in [1.82, 2.24) is 14.9 Å². The van der Waals surface area contributed by atoms with Crippen LogP contribution in [0.3, 0.4) is 0 Å². The van der Waals surface area contributed by atoms with Crippen LogP contribution in [0.4, 0.5) is 0 Å². The number of hydrogen-bond donors (Lipinski definition) is 2. The largest absolute Gasteiger partial charge is 0.337 e.